The highest BCUT2D eigenvalue weighted by molar-refractivity contribution is 5.96. The van der Waals surface area contributed by atoms with E-state index in [1.165, 1.54) is 7.05 Å². The van der Waals surface area contributed by atoms with Gasteiger partial charge in [0.05, 0.1) is 5.69 Å². The first-order valence-corrected chi connectivity index (χ1v) is 4.08. The molecule has 0 aromatic carbocycles. The van der Waals surface area contributed by atoms with Gasteiger partial charge in [-0.3, -0.25) is 9.82 Å². The van der Waals surface area contributed by atoms with Gasteiger partial charge in [-0.05, 0) is 19.1 Å². The van der Waals surface area contributed by atoms with Crippen molar-refractivity contribution in [1.29, 1.82) is 0 Å². The summed E-state index contributed by atoms with van der Waals surface area (Å²) >= 11 is 0. The number of hydrogen-bond acceptors (Lipinski definition) is 4. The van der Waals surface area contributed by atoms with Crippen LogP contribution in [0.25, 0.3) is 0 Å². The molecule has 0 radical (unpaired) electrons. The molecule has 0 spiro atoms. The van der Waals surface area contributed by atoms with Crippen molar-refractivity contribution >= 4 is 11.8 Å². The normalized spacial score (nSPS) is 10.9. The van der Waals surface area contributed by atoms with Crippen LogP contribution >= 0.6 is 0 Å². The molecule has 0 unspecified atom stereocenters. The minimum absolute atomic E-state index is 0.550. The van der Waals surface area contributed by atoms with Crippen molar-refractivity contribution in [3.05, 3.63) is 30.1 Å². The van der Waals surface area contributed by atoms with E-state index >= 15 is 0 Å². The van der Waals surface area contributed by atoms with E-state index in [1.807, 2.05) is 6.07 Å². The lowest BCUT2D eigenvalue weighted by molar-refractivity contribution is 0.153. The Hall–Kier alpha value is -1.91. The van der Waals surface area contributed by atoms with Gasteiger partial charge in [-0.25, -0.2) is 4.79 Å². The Morgan fingerprint density at radius 2 is 2.36 bits per heavy atom. The molecule has 0 aliphatic rings. The fourth-order valence-electron chi connectivity index (χ4n) is 0.779. The lowest BCUT2D eigenvalue weighted by Crippen LogP contribution is -2.17. The predicted octanol–water partition coefficient (Wildman–Crippen LogP) is 1.16. The average molecular weight is 193 g/mol. The first kappa shape index (κ1) is 10.2. The van der Waals surface area contributed by atoms with Gasteiger partial charge in [0.15, 0.2) is 0 Å². The van der Waals surface area contributed by atoms with Crippen molar-refractivity contribution < 1.29 is 9.63 Å². The third-order valence-electron chi connectivity index (χ3n) is 1.51. The van der Waals surface area contributed by atoms with Crippen molar-refractivity contribution in [2.24, 2.45) is 5.16 Å². The number of aromatic nitrogens is 1. The smallest absolute Gasteiger partial charge is 0.323 e. The van der Waals surface area contributed by atoms with Crippen molar-refractivity contribution in [3.8, 4) is 0 Å². The highest BCUT2D eigenvalue weighted by Gasteiger charge is 2.00. The van der Waals surface area contributed by atoms with Crippen LogP contribution in [-0.2, 0) is 4.84 Å². The SMILES string of the molecule is CNC(=O)O/N=C(\C)c1ccccn1. The number of nitrogens with one attached hydrogen (secondary N) is 1. The van der Waals surface area contributed by atoms with Crippen LogP contribution in [0.1, 0.15) is 12.6 Å². The van der Waals surface area contributed by atoms with Crippen LogP contribution in [0.4, 0.5) is 4.79 Å². The Bertz CT molecular complexity index is 335. The number of carbonyl (C=O) groups is 1. The quantitative estimate of drug-likeness (QED) is 0.435. The second-order valence-electron chi connectivity index (χ2n) is 2.52. The van der Waals surface area contributed by atoms with Gasteiger partial charge in [0.2, 0.25) is 0 Å². The molecular formula is C9H11N3O2. The lowest BCUT2D eigenvalue weighted by Gasteiger charge is -1.98. The van der Waals surface area contributed by atoms with Gasteiger partial charge in [0.1, 0.15) is 5.71 Å². The van der Waals surface area contributed by atoms with E-state index in [0.29, 0.717) is 11.4 Å². The van der Waals surface area contributed by atoms with Gasteiger partial charge in [-0.15, -0.1) is 0 Å². The number of oxime groups is 1. The van der Waals surface area contributed by atoms with Gasteiger partial charge in [0.25, 0.3) is 0 Å². The minimum atomic E-state index is -0.597. The van der Waals surface area contributed by atoms with Gasteiger partial charge in [0, 0.05) is 13.2 Å². The third-order valence-corrected chi connectivity index (χ3v) is 1.51. The van der Waals surface area contributed by atoms with E-state index in [1.54, 1.807) is 25.3 Å². The average Bonchev–Trinajstić information content (AvgIpc) is 2.26. The van der Waals surface area contributed by atoms with Crippen LogP contribution in [0.3, 0.4) is 0 Å². The van der Waals surface area contributed by atoms with Crippen LogP contribution in [-0.4, -0.2) is 23.8 Å². The summed E-state index contributed by atoms with van der Waals surface area (Å²) in [6.07, 6.45) is 1.05. The van der Waals surface area contributed by atoms with Crippen LogP contribution < -0.4 is 5.32 Å². The summed E-state index contributed by atoms with van der Waals surface area (Å²) in [5, 5.41) is 5.89. The monoisotopic (exact) mass is 193 g/mol. The second-order valence-corrected chi connectivity index (χ2v) is 2.52. The molecule has 1 rings (SSSR count). The molecule has 1 aromatic rings. The summed E-state index contributed by atoms with van der Waals surface area (Å²) in [4.78, 5) is 19.2. The molecule has 0 aliphatic carbocycles. The molecule has 14 heavy (non-hydrogen) atoms. The number of carbonyl (C=O) groups excluding carboxylic acids is 1. The molecule has 1 heterocycles. The second kappa shape index (κ2) is 4.96. The topological polar surface area (TPSA) is 63.6 Å². The summed E-state index contributed by atoms with van der Waals surface area (Å²) in [7, 11) is 1.47. The van der Waals surface area contributed by atoms with Crippen LogP contribution in [0.2, 0.25) is 0 Å². The zero-order chi connectivity index (χ0) is 10.4. The number of rotatable bonds is 2. The molecule has 1 N–H and O–H groups in total. The largest absolute Gasteiger partial charge is 0.433 e. The Morgan fingerprint density at radius 1 is 1.57 bits per heavy atom. The fraction of sp³-hybridized carbons (Fsp3) is 0.222. The number of hydrogen-bond donors (Lipinski definition) is 1. The summed E-state index contributed by atoms with van der Waals surface area (Å²) in [5.74, 6) is 0. The molecule has 74 valence electrons. The highest BCUT2D eigenvalue weighted by atomic mass is 16.7. The van der Waals surface area contributed by atoms with Crippen molar-refractivity contribution in [2.45, 2.75) is 6.92 Å². The van der Waals surface area contributed by atoms with Crippen molar-refractivity contribution in [1.82, 2.24) is 10.3 Å². The van der Waals surface area contributed by atoms with Gasteiger partial charge >= 0.3 is 6.09 Å². The number of amides is 1. The number of pyridine rings is 1. The molecule has 0 atom stereocenters. The van der Waals surface area contributed by atoms with Crippen LogP contribution in [0.15, 0.2) is 29.6 Å². The molecule has 5 nitrogen and oxygen atoms in total. The molecule has 0 aliphatic heterocycles. The summed E-state index contributed by atoms with van der Waals surface area (Å²) in [6, 6.07) is 5.42. The maximum atomic E-state index is 10.7. The minimum Gasteiger partial charge on any atom is -0.323 e. The standard InChI is InChI=1S/C9H11N3O2/c1-7(12-14-9(13)10-2)8-5-3-4-6-11-8/h3-6H,1-2H3,(H,10,13)/b12-7+. The Labute approximate surface area is 81.8 Å². The van der Waals surface area contributed by atoms with Gasteiger partial charge < -0.3 is 5.32 Å². The maximum absolute atomic E-state index is 10.7. The van der Waals surface area contributed by atoms with Crippen molar-refractivity contribution in [3.63, 3.8) is 0 Å². The van der Waals surface area contributed by atoms with E-state index in [2.05, 4.69) is 20.3 Å². The zero-order valence-corrected chi connectivity index (χ0v) is 8.02. The molecular weight excluding hydrogens is 182 g/mol. The Morgan fingerprint density at radius 3 is 2.93 bits per heavy atom. The predicted molar refractivity (Wildman–Crippen MR) is 52.0 cm³/mol. The van der Waals surface area contributed by atoms with Gasteiger partial charge in [-0.2, -0.15) is 0 Å². The third kappa shape index (κ3) is 2.85. The van der Waals surface area contributed by atoms with E-state index in [4.69, 9.17) is 0 Å². The molecule has 0 saturated heterocycles. The van der Waals surface area contributed by atoms with Gasteiger partial charge in [-0.1, -0.05) is 11.2 Å². The zero-order valence-electron chi connectivity index (χ0n) is 8.02. The fourth-order valence-corrected chi connectivity index (χ4v) is 0.779. The van der Waals surface area contributed by atoms with E-state index < -0.39 is 6.09 Å². The Balaban J connectivity index is 2.66. The first-order chi connectivity index (χ1) is 6.74. The van der Waals surface area contributed by atoms with E-state index in [0.717, 1.165) is 0 Å². The summed E-state index contributed by atoms with van der Waals surface area (Å²) in [5.41, 5.74) is 1.23. The molecule has 0 fully saturated rings. The Kier molecular flexibility index (Phi) is 3.60. The van der Waals surface area contributed by atoms with Crippen LogP contribution in [0, 0.1) is 0 Å². The van der Waals surface area contributed by atoms with Crippen molar-refractivity contribution in [2.75, 3.05) is 7.05 Å². The number of nitrogens with zero attached hydrogens (tertiary/aromatic N) is 2. The summed E-state index contributed by atoms with van der Waals surface area (Å²) < 4.78 is 0. The molecule has 5 heteroatoms. The molecule has 0 saturated carbocycles. The first-order valence-electron chi connectivity index (χ1n) is 4.08. The highest BCUT2D eigenvalue weighted by Crippen LogP contribution is 1.96. The molecule has 0 bridgehead atoms. The van der Waals surface area contributed by atoms with E-state index in [9.17, 15) is 4.79 Å². The molecule has 1 aromatic heterocycles. The molecule has 1 amide bonds. The van der Waals surface area contributed by atoms with Crippen LogP contribution in [0.5, 0.6) is 0 Å². The van der Waals surface area contributed by atoms with E-state index in [-0.39, 0.29) is 0 Å². The summed E-state index contributed by atoms with van der Waals surface area (Å²) in [6.45, 7) is 1.71. The lowest BCUT2D eigenvalue weighted by atomic mass is 10.3. The maximum Gasteiger partial charge on any atom is 0.433 e.